The highest BCUT2D eigenvalue weighted by Gasteiger charge is 2.26. The summed E-state index contributed by atoms with van der Waals surface area (Å²) in [5.41, 5.74) is 0.949. The van der Waals surface area contributed by atoms with E-state index < -0.39 is 5.97 Å². The van der Waals surface area contributed by atoms with Crippen molar-refractivity contribution in [2.75, 3.05) is 13.1 Å². The fourth-order valence-corrected chi connectivity index (χ4v) is 2.67. The zero-order valence-electron chi connectivity index (χ0n) is 13.0. The Morgan fingerprint density at radius 1 is 1.21 bits per heavy atom. The second kappa shape index (κ2) is 7.12. The van der Waals surface area contributed by atoms with Gasteiger partial charge in [-0.3, -0.25) is 0 Å². The van der Waals surface area contributed by atoms with Gasteiger partial charge in [0.1, 0.15) is 12.9 Å². The Bertz CT molecular complexity index is 708. The summed E-state index contributed by atoms with van der Waals surface area (Å²) in [6.45, 7) is 1.34. The quantitative estimate of drug-likeness (QED) is 0.920. The number of hydrogen-bond donors (Lipinski definition) is 1. The fourth-order valence-electron chi connectivity index (χ4n) is 2.67. The Kier molecular flexibility index (Phi) is 4.74. The van der Waals surface area contributed by atoms with E-state index in [9.17, 15) is 9.59 Å². The lowest BCUT2D eigenvalue weighted by atomic mass is 10.1. The van der Waals surface area contributed by atoms with E-state index >= 15 is 0 Å². The number of hydrogen-bond acceptors (Lipinski definition) is 5. The molecule has 8 nitrogen and oxygen atoms in total. The van der Waals surface area contributed by atoms with Crippen LogP contribution in [0.1, 0.15) is 35.1 Å². The summed E-state index contributed by atoms with van der Waals surface area (Å²) in [7, 11) is 0. The van der Waals surface area contributed by atoms with Gasteiger partial charge in [-0.15, -0.1) is 5.10 Å². The number of carboxylic acids is 1. The monoisotopic (exact) mass is 330 g/mol. The van der Waals surface area contributed by atoms with Gasteiger partial charge >= 0.3 is 12.1 Å². The number of amides is 1. The van der Waals surface area contributed by atoms with Gasteiger partial charge in [0.2, 0.25) is 0 Å². The molecule has 8 heteroatoms. The van der Waals surface area contributed by atoms with Crippen LogP contribution >= 0.6 is 0 Å². The van der Waals surface area contributed by atoms with Gasteiger partial charge in [-0.2, -0.15) is 0 Å². The Morgan fingerprint density at radius 3 is 2.54 bits per heavy atom. The highest BCUT2D eigenvalue weighted by Crippen LogP contribution is 2.22. The standard InChI is InChI=1S/C16H18N4O4/c21-15(22)14-17-11-20(18-14)13-6-8-19(9-7-13)16(23)24-10-12-4-2-1-3-5-12/h1-5,11,13H,6-10H2,(H,21,22). The Labute approximate surface area is 138 Å². The van der Waals surface area contributed by atoms with Crippen LogP contribution in [0.3, 0.4) is 0 Å². The summed E-state index contributed by atoms with van der Waals surface area (Å²) in [6.07, 6.45) is 2.46. The maximum Gasteiger partial charge on any atom is 0.410 e. The molecule has 0 saturated carbocycles. The van der Waals surface area contributed by atoms with Gasteiger partial charge in [-0.25, -0.2) is 19.3 Å². The lowest BCUT2D eigenvalue weighted by Crippen LogP contribution is -2.39. The van der Waals surface area contributed by atoms with Crippen LogP contribution in [-0.2, 0) is 11.3 Å². The van der Waals surface area contributed by atoms with Crippen molar-refractivity contribution in [3.05, 3.63) is 48.0 Å². The van der Waals surface area contributed by atoms with E-state index in [4.69, 9.17) is 9.84 Å². The maximum absolute atomic E-state index is 12.1. The molecule has 1 amide bonds. The van der Waals surface area contributed by atoms with E-state index in [1.54, 1.807) is 9.58 Å². The lowest BCUT2D eigenvalue weighted by molar-refractivity contribution is 0.0682. The molecule has 126 valence electrons. The van der Waals surface area contributed by atoms with Gasteiger partial charge in [0.15, 0.2) is 0 Å². The number of rotatable bonds is 4. The Morgan fingerprint density at radius 2 is 1.92 bits per heavy atom. The number of aromatic carboxylic acids is 1. The number of aromatic nitrogens is 3. The van der Waals surface area contributed by atoms with Crippen molar-refractivity contribution in [1.82, 2.24) is 19.7 Å². The number of ether oxygens (including phenoxy) is 1. The summed E-state index contributed by atoms with van der Waals surface area (Å²) in [5.74, 6) is -1.35. The summed E-state index contributed by atoms with van der Waals surface area (Å²) in [5, 5.41) is 12.8. The molecule has 0 atom stereocenters. The molecule has 2 heterocycles. The van der Waals surface area contributed by atoms with E-state index in [0.717, 1.165) is 5.56 Å². The number of carboxylic acid groups (broad SMARTS) is 1. The van der Waals surface area contributed by atoms with E-state index in [1.165, 1.54) is 6.33 Å². The number of carbonyl (C=O) groups excluding carboxylic acids is 1. The van der Waals surface area contributed by atoms with Crippen molar-refractivity contribution in [2.24, 2.45) is 0 Å². The van der Waals surface area contributed by atoms with Crippen LogP contribution in [0.15, 0.2) is 36.7 Å². The number of benzene rings is 1. The molecule has 1 aliphatic rings. The molecule has 0 unspecified atom stereocenters. The van der Waals surface area contributed by atoms with Gasteiger partial charge in [0, 0.05) is 13.1 Å². The first-order chi connectivity index (χ1) is 11.6. The minimum Gasteiger partial charge on any atom is -0.475 e. The average Bonchev–Trinajstić information content (AvgIpc) is 3.11. The van der Waals surface area contributed by atoms with Crippen LogP contribution in [0.2, 0.25) is 0 Å². The van der Waals surface area contributed by atoms with Crippen molar-refractivity contribution < 1.29 is 19.4 Å². The molecule has 0 bridgehead atoms. The lowest BCUT2D eigenvalue weighted by Gasteiger charge is -2.31. The zero-order chi connectivity index (χ0) is 16.9. The molecule has 1 aromatic carbocycles. The van der Waals surface area contributed by atoms with Crippen molar-refractivity contribution in [3.63, 3.8) is 0 Å². The minimum atomic E-state index is -1.14. The molecule has 24 heavy (non-hydrogen) atoms. The van der Waals surface area contributed by atoms with Crippen molar-refractivity contribution >= 4 is 12.1 Å². The molecule has 1 N–H and O–H groups in total. The largest absolute Gasteiger partial charge is 0.475 e. The molecular formula is C16H18N4O4. The third-order valence-electron chi connectivity index (χ3n) is 4.00. The molecular weight excluding hydrogens is 312 g/mol. The SMILES string of the molecule is O=C(O)c1ncn(C2CCN(C(=O)OCc3ccccc3)CC2)n1. The molecule has 0 spiro atoms. The highest BCUT2D eigenvalue weighted by atomic mass is 16.6. The van der Waals surface area contributed by atoms with Gasteiger partial charge in [-0.1, -0.05) is 30.3 Å². The number of piperidine rings is 1. The minimum absolute atomic E-state index is 0.0452. The average molecular weight is 330 g/mol. The van der Waals surface area contributed by atoms with E-state index in [2.05, 4.69) is 10.1 Å². The fraction of sp³-hybridized carbons (Fsp3) is 0.375. The topological polar surface area (TPSA) is 97.6 Å². The van der Waals surface area contributed by atoms with E-state index in [0.29, 0.717) is 25.9 Å². The summed E-state index contributed by atoms with van der Waals surface area (Å²) < 4.78 is 6.88. The third-order valence-corrected chi connectivity index (χ3v) is 4.00. The third kappa shape index (κ3) is 3.70. The second-order valence-electron chi connectivity index (χ2n) is 5.61. The number of nitrogens with zero attached hydrogens (tertiary/aromatic N) is 4. The first kappa shape index (κ1) is 16.0. The molecule has 1 aromatic heterocycles. The Hall–Kier alpha value is -2.90. The van der Waals surface area contributed by atoms with Gasteiger partial charge in [-0.05, 0) is 18.4 Å². The van der Waals surface area contributed by atoms with E-state index in [-0.39, 0.29) is 24.6 Å². The van der Waals surface area contributed by atoms with Crippen molar-refractivity contribution in [3.8, 4) is 0 Å². The van der Waals surface area contributed by atoms with Gasteiger partial charge in [0.05, 0.1) is 6.04 Å². The molecule has 0 radical (unpaired) electrons. The summed E-state index contributed by atoms with van der Waals surface area (Å²) in [6, 6.07) is 9.57. The molecule has 3 rings (SSSR count). The number of carbonyl (C=O) groups is 2. The predicted molar refractivity (Wildman–Crippen MR) is 83.5 cm³/mol. The first-order valence-corrected chi connectivity index (χ1v) is 7.73. The van der Waals surface area contributed by atoms with E-state index in [1.807, 2.05) is 30.3 Å². The van der Waals surface area contributed by atoms with Gasteiger partial charge in [0.25, 0.3) is 5.82 Å². The van der Waals surface area contributed by atoms with Crippen LogP contribution in [0.5, 0.6) is 0 Å². The maximum atomic E-state index is 12.1. The van der Waals surface area contributed by atoms with Crippen LogP contribution < -0.4 is 0 Å². The first-order valence-electron chi connectivity index (χ1n) is 7.73. The van der Waals surface area contributed by atoms with Crippen molar-refractivity contribution in [2.45, 2.75) is 25.5 Å². The molecule has 1 aliphatic heterocycles. The zero-order valence-corrected chi connectivity index (χ0v) is 13.0. The number of likely N-dealkylation sites (tertiary alicyclic amines) is 1. The molecule has 1 saturated heterocycles. The predicted octanol–water partition coefficient (Wildman–Crippen LogP) is 1.95. The normalized spacial score (nSPS) is 15.2. The molecule has 2 aromatic rings. The smallest absolute Gasteiger partial charge is 0.410 e. The second-order valence-corrected chi connectivity index (χ2v) is 5.61. The van der Waals surface area contributed by atoms with Crippen LogP contribution in [0.4, 0.5) is 4.79 Å². The van der Waals surface area contributed by atoms with Gasteiger partial charge < -0.3 is 14.7 Å². The summed E-state index contributed by atoms with van der Waals surface area (Å²) in [4.78, 5) is 28.3. The summed E-state index contributed by atoms with van der Waals surface area (Å²) >= 11 is 0. The van der Waals surface area contributed by atoms with Crippen molar-refractivity contribution in [1.29, 1.82) is 0 Å². The van der Waals surface area contributed by atoms with Crippen LogP contribution in [0, 0.1) is 0 Å². The Balaban J connectivity index is 1.49. The molecule has 0 aliphatic carbocycles. The molecule has 1 fully saturated rings. The van der Waals surface area contributed by atoms with Crippen LogP contribution in [0.25, 0.3) is 0 Å². The highest BCUT2D eigenvalue weighted by molar-refractivity contribution is 5.82. The van der Waals surface area contributed by atoms with Crippen LogP contribution in [-0.4, -0.2) is 49.9 Å².